The van der Waals surface area contributed by atoms with Crippen molar-refractivity contribution in [3.63, 3.8) is 0 Å². The van der Waals surface area contributed by atoms with Crippen molar-refractivity contribution in [2.75, 3.05) is 5.32 Å². The first-order valence-electron chi connectivity index (χ1n) is 11.5. The summed E-state index contributed by atoms with van der Waals surface area (Å²) in [5.41, 5.74) is 4.46. The number of nitrogens with one attached hydrogen (secondary N) is 1. The van der Waals surface area contributed by atoms with Crippen LogP contribution in [0.5, 0.6) is 0 Å². The fourth-order valence-electron chi connectivity index (χ4n) is 4.75. The minimum atomic E-state index is -0.285. The van der Waals surface area contributed by atoms with Crippen LogP contribution in [0, 0.1) is 19.7 Å². The summed E-state index contributed by atoms with van der Waals surface area (Å²) in [4.78, 5) is 22.8. The van der Waals surface area contributed by atoms with E-state index < -0.39 is 0 Å². The molecular formula is C27H27FN4O. The maximum Gasteiger partial charge on any atom is 0.256 e. The van der Waals surface area contributed by atoms with Crippen LogP contribution in [-0.2, 0) is 0 Å². The normalized spacial score (nSPS) is 14.5. The van der Waals surface area contributed by atoms with Gasteiger partial charge in [-0.3, -0.25) is 9.36 Å². The number of anilines is 1. The Morgan fingerprint density at radius 3 is 2.48 bits per heavy atom. The highest BCUT2D eigenvalue weighted by Crippen LogP contribution is 2.31. The SMILES string of the molecule is Cc1cc(F)ccc1-c1nc(NC2CCCCC2)nc2c1ccc(=O)n2-c1ccccc1C. The maximum absolute atomic E-state index is 13.9. The molecule has 0 radical (unpaired) electrons. The number of aromatic nitrogens is 3. The number of hydrogen-bond donors (Lipinski definition) is 1. The van der Waals surface area contributed by atoms with Gasteiger partial charge in [-0.05, 0) is 68.1 Å². The van der Waals surface area contributed by atoms with Gasteiger partial charge in [-0.25, -0.2) is 9.37 Å². The fraction of sp³-hybridized carbons (Fsp3) is 0.296. The van der Waals surface area contributed by atoms with Crippen LogP contribution in [0.25, 0.3) is 28.0 Å². The summed E-state index contributed by atoms with van der Waals surface area (Å²) in [6.45, 7) is 3.85. The van der Waals surface area contributed by atoms with Gasteiger partial charge in [0.15, 0.2) is 5.65 Å². The number of rotatable bonds is 4. The molecule has 1 aliphatic carbocycles. The summed E-state index contributed by atoms with van der Waals surface area (Å²) in [5, 5.41) is 4.27. The molecule has 0 saturated heterocycles. The van der Waals surface area contributed by atoms with Gasteiger partial charge in [-0.1, -0.05) is 37.5 Å². The van der Waals surface area contributed by atoms with Gasteiger partial charge in [0.1, 0.15) is 5.82 Å². The van der Waals surface area contributed by atoms with Crippen LogP contribution in [0.2, 0.25) is 0 Å². The fourth-order valence-corrected chi connectivity index (χ4v) is 4.75. The Morgan fingerprint density at radius 2 is 1.73 bits per heavy atom. The number of aryl methyl sites for hydroxylation is 2. The highest BCUT2D eigenvalue weighted by atomic mass is 19.1. The van der Waals surface area contributed by atoms with Gasteiger partial charge < -0.3 is 5.32 Å². The molecule has 0 spiro atoms. The number of hydrogen-bond acceptors (Lipinski definition) is 4. The van der Waals surface area contributed by atoms with Crippen LogP contribution in [-0.4, -0.2) is 20.6 Å². The zero-order chi connectivity index (χ0) is 22.9. The zero-order valence-electron chi connectivity index (χ0n) is 18.9. The molecule has 0 aliphatic heterocycles. The summed E-state index contributed by atoms with van der Waals surface area (Å²) in [6.07, 6.45) is 5.77. The number of pyridine rings is 1. The van der Waals surface area contributed by atoms with Crippen molar-refractivity contribution in [1.29, 1.82) is 0 Å². The van der Waals surface area contributed by atoms with E-state index in [0.717, 1.165) is 40.6 Å². The standard InChI is InChI=1S/C27H27FN4O/c1-17-8-6-7-11-23(17)32-24(33)15-14-22-25(21-13-12-19(28)16-18(21)2)30-27(31-26(22)32)29-20-9-4-3-5-10-20/h6-8,11-16,20H,3-5,9-10H2,1-2H3,(H,29,30,31). The molecule has 33 heavy (non-hydrogen) atoms. The number of fused-ring (bicyclic) bond motifs is 1. The third-order valence-corrected chi connectivity index (χ3v) is 6.49. The first kappa shape index (κ1) is 21.3. The molecule has 5 nitrogen and oxygen atoms in total. The summed E-state index contributed by atoms with van der Waals surface area (Å²) in [6, 6.07) is 16.1. The van der Waals surface area contributed by atoms with Crippen molar-refractivity contribution in [2.24, 2.45) is 0 Å². The third kappa shape index (κ3) is 4.13. The van der Waals surface area contributed by atoms with Crippen LogP contribution in [0.15, 0.2) is 59.4 Å². The Hall–Kier alpha value is -3.54. The number of benzene rings is 2. The van der Waals surface area contributed by atoms with Crippen molar-refractivity contribution >= 4 is 17.0 Å². The number of nitrogens with zero attached hydrogens (tertiary/aromatic N) is 3. The van der Waals surface area contributed by atoms with E-state index in [1.54, 1.807) is 22.8 Å². The number of halogens is 1. The van der Waals surface area contributed by atoms with Crippen molar-refractivity contribution in [3.8, 4) is 16.9 Å². The number of para-hydroxylation sites is 1. The van der Waals surface area contributed by atoms with Crippen LogP contribution in [0.3, 0.4) is 0 Å². The van der Waals surface area contributed by atoms with Crippen LogP contribution >= 0.6 is 0 Å². The van der Waals surface area contributed by atoms with Crippen LogP contribution < -0.4 is 10.9 Å². The van der Waals surface area contributed by atoms with E-state index in [2.05, 4.69) is 5.32 Å². The van der Waals surface area contributed by atoms with Crippen molar-refractivity contribution in [3.05, 3.63) is 81.9 Å². The van der Waals surface area contributed by atoms with E-state index in [1.165, 1.54) is 31.4 Å². The molecule has 1 fully saturated rings. The van der Waals surface area contributed by atoms with Gasteiger partial charge in [0.25, 0.3) is 5.56 Å². The highest BCUT2D eigenvalue weighted by molar-refractivity contribution is 5.93. The Morgan fingerprint density at radius 1 is 0.939 bits per heavy atom. The highest BCUT2D eigenvalue weighted by Gasteiger charge is 2.20. The minimum absolute atomic E-state index is 0.152. The maximum atomic E-state index is 13.9. The lowest BCUT2D eigenvalue weighted by Crippen LogP contribution is -2.25. The molecule has 0 bridgehead atoms. The average Bonchev–Trinajstić information content (AvgIpc) is 2.80. The second kappa shape index (κ2) is 8.77. The lowest BCUT2D eigenvalue weighted by molar-refractivity contribution is 0.461. The Balaban J connectivity index is 1.78. The Bertz CT molecular complexity index is 1390. The van der Waals surface area contributed by atoms with Crippen molar-refractivity contribution in [1.82, 2.24) is 14.5 Å². The molecule has 1 aliphatic rings. The minimum Gasteiger partial charge on any atom is -0.351 e. The van der Waals surface area contributed by atoms with E-state index in [0.29, 0.717) is 23.3 Å². The molecule has 1 saturated carbocycles. The Kier molecular flexibility index (Phi) is 5.67. The molecule has 0 amide bonds. The second-order valence-electron chi connectivity index (χ2n) is 8.87. The molecule has 2 aromatic heterocycles. The van der Waals surface area contributed by atoms with Gasteiger partial charge in [0, 0.05) is 23.1 Å². The largest absolute Gasteiger partial charge is 0.351 e. The van der Waals surface area contributed by atoms with Gasteiger partial charge >= 0.3 is 0 Å². The van der Waals surface area contributed by atoms with Gasteiger partial charge in [0.05, 0.1) is 11.4 Å². The summed E-state index contributed by atoms with van der Waals surface area (Å²) in [7, 11) is 0. The van der Waals surface area contributed by atoms with E-state index >= 15 is 0 Å². The first-order chi connectivity index (χ1) is 16.0. The lowest BCUT2D eigenvalue weighted by Gasteiger charge is -2.23. The molecule has 0 atom stereocenters. The quantitative estimate of drug-likeness (QED) is 0.424. The molecular weight excluding hydrogens is 415 g/mol. The molecule has 6 heteroatoms. The van der Waals surface area contributed by atoms with Crippen LogP contribution in [0.1, 0.15) is 43.2 Å². The average molecular weight is 443 g/mol. The predicted octanol–water partition coefficient (Wildman–Crippen LogP) is 5.95. The third-order valence-electron chi connectivity index (χ3n) is 6.49. The summed E-state index contributed by atoms with van der Waals surface area (Å²) >= 11 is 0. The zero-order valence-corrected chi connectivity index (χ0v) is 18.9. The monoisotopic (exact) mass is 442 g/mol. The molecule has 1 N–H and O–H groups in total. The lowest BCUT2D eigenvalue weighted by atomic mass is 9.96. The van der Waals surface area contributed by atoms with E-state index in [1.807, 2.05) is 38.1 Å². The van der Waals surface area contributed by atoms with Crippen molar-refractivity contribution in [2.45, 2.75) is 52.0 Å². The van der Waals surface area contributed by atoms with E-state index in [-0.39, 0.29) is 11.4 Å². The molecule has 168 valence electrons. The van der Waals surface area contributed by atoms with E-state index in [9.17, 15) is 9.18 Å². The molecule has 2 aromatic carbocycles. The second-order valence-corrected chi connectivity index (χ2v) is 8.87. The molecule has 5 rings (SSSR count). The summed E-state index contributed by atoms with van der Waals surface area (Å²) in [5.74, 6) is 0.216. The van der Waals surface area contributed by atoms with Crippen molar-refractivity contribution < 1.29 is 4.39 Å². The first-order valence-corrected chi connectivity index (χ1v) is 11.5. The summed E-state index contributed by atoms with van der Waals surface area (Å²) < 4.78 is 15.5. The Labute approximate surface area is 192 Å². The van der Waals surface area contributed by atoms with E-state index in [4.69, 9.17) is 9.97 Å². The van der Waals surface area contributed by atoms with Gasteiger partial charge in [-0.15, -0.1) is 0 Å². The van der Waals surface area contributed by atoms with Gasteiger partial charge in [0.2, 0.25) is 5.95 Å². The smallest absolute Gasteiger partial charge is 0.256 e. The van der Waals surface area contributed by atoms with Crippen LogP contribution in [0.4, 0.5) is 10.3 Å². The molecule has 4 aromatic rings. The predicted molar refractivity (Wildman–Crippen MR) is 130 cm³/mol. The molecule has 2 heterocycles. The van der Waals surface area contributed by atoms with Gasteiger partial charge in [-0.2, -0.15) is 4.98 Å². The topological polar surface area (TPSA) is 59.8 Å². The molecule has 0 unspecified atom stereocenters.